The van der Waals surface area contributed by atoms with Gasteiger partial charge in [0.2, 0.25) is 0 Å². The van der Waals surface area contributed by atoms with Crippen molar-refractivity contribution in [2.24, 2.45) is 5.92 Å². The predicted molar refractivity (Wildman–Crippen MR) is 110 cm³/mol. The monoisotopic (exact) mass is 378 g/mol. The van der Waals surface area contributed by atoms with Crippen LogP contribution in [0, 0.1) is 5.92 Å². The Hall–Kier alpha value is -2.27. The molecule has 1 amide bonds. The van der Waals surface area contributed by atoms with Crippen molar-refractivity contribution in [3.63, 3.8) is 0 Å². The third kappa shape index (κ3) is 4.25. The Morgan fingerprint density at radius 2 is 1.89 bits per heavy atom. The number of amides is 1. The van der Waals surface area contributed by atoms with Crippen LogP contribution in [0.25, 0.3) is 0 Å². The number of carbonyl (C=O) groups is 1. The summed E-state index contributed by atoms with van der Waals surface area (Å²) >= 11 is 0. The molecule has 5 heteroatoms. The van der Waals surface area contributed by atoms with E-state index in [1.54, 1.807) is 0 Å². The standard InChI is InChI=1S/C23H30N4O/c1-2-8-22-24-13-18(14-25-22)15-26-12-7-6-11-20-16-27(17-21(20)26)23(28)19-9-4-3-5-10-19/h3-5,9-10,13-14,20-21H,2,6-8,11-12,15-17H2,1H3/t20-,21+/m0/s1. The van der Waals surface area contributed by atoms with Crippen molar-refractivity contribution < 1.29 is 4.79 Å². The van der Waals surface area contributed by atoms with Gasteiger partial charge in [0.25, 0.3) is 5.91 Å². The summed E-state index contributed by atoms with van der Waals surface area (Å²) in [5.74, 6) is 1.66. The molecule has 28 heavy (non-hydrogen) atoms. The van der Waals surface area contributed by atoms with Crippen LogP contribution in [0.3, 0.4) is 0 Å². The summed E-state index contributed by atoms with van der Waals surface area (Å²) in [4.78, 5) is 26.6. The lowest BCUT2D eigenvalue weighted by atomic mass is 9.98. The van der Waals surface area contributed by atoms with Gasteiger partial charge in [0.1, 0.15) is 5.82 Å². The number of aryl methyl sites for hydroxylation is 1. The predicted octanol–water partition coefficient (Wildman–Crippen LogP) is 3.56. The molecule has 1 aromatic carbocycles. The molecule has 148 valence electrons. The number of nitrogens with zero attached hydrogens (tertiary/aromatic N) is 4. The van der Waals surface area contributed by atoms with E-state index >= 15 is 0 Å². The molecule has 1 aromatic heterocycles. The first-order valence-corrected chi connectivity index (χ1v) is 10.6. The summed E-state index contributed by atoms with van der Waals surface area (Å²) in [5.41, 5.74) is 1.97. The van der Waals surface area contributed by atoms with Crippen LogP contribution in [0.15, 0.2) is 42.7 Å². The molecule has 0 N–H and O–H groups in total. The fourth-order valence-corrected chi connectivity index (χ4v) is 4.61. The maximum atomic E-state index is 12.9. The smallest absolute Gasteiger partial charge is 0.253 e. The third-order valence-corrected chi connectivity index (χ3v) is 6.07. The highest BCUT2D eigenvalue weighted by atomic mass is 16.2. The minimum Gasteiger partial charge on any atom is -0.337 e. The maximum Gasteiger partial charge on any atom is 0.253 e. The SMILES string of the molecule is CCCc1ncc(CN2CCCC[C@H]3CN(C(=O)c4ccccc4)C[C@H]32)cn1. The second-order valence-electron chi connectivity index (χ2n) is 8.13. The summed E-state index contributed by atoms with van der Waals surface area (Å²) in [7, 11) is 0. The summed E-state index contributed by atoms with van der Waals surface area (Å²) in [5, 5.41) is 0. The number of hydrogen-bond donors (Lipinski definition) is 0. The zero-order valence-corrected chi connectivity index (χ0v) is 16.8. The number of benzene rings is 1. The first-order chi connectivity index (χ1) is 13.7. The molecule has 0 saturated carbocycles. The molecule has 0 radical (unpaired) electrons. The van der Waals surface area contributed by atoms with E-state index in [2.05, 4.69) is 26.7 Å². The fourth-order valence-electron chi connectivity index (χ4n) is 4.61. The van der Waals surface area contributed by atoms with E-state index in [-0.39, 0.29) is 5.91 Å². The minimum absolute atomic E-state index is 0.167. The lowest BCUT2D eigenvalue weighted by molar-refractivity contribution is 0.0773. The minimum atomic E-state index is 0.167. The van der Waals surface area contributed by atoms with Crippen LogP contribution >= 0.6 is 0 Å². The van der Waals surface area contributed by atoms with Crippen molar-refractivity contribution >= 4 is 5.91 Å². The van der Waals surface area contributed by atoms with Crippen molar-refractivity contribution in [3.05, 3.63) is 59.7 Å². The third-order valence-electron chi connectivity index (χ3n) is 6.07. The van der Waals surface area contributed by atoms with Crippen LogP contribution in [-0.2, 0) is 13.0 Å². The molecule has 2 aliphatic rings. The van der Waals surface area contributed by atoms with E-state index in [1.165, 1.54) is 24.8 Å². The van der Waals surface area contributed by atoms with Crippen molar-refractivity contribution in [2.75, 3.05) is 19.6 Å². The van der Waals surface area contributed by atoms with Crippen LogP contribution in [0.1, 0.15) is 54.4 Å². The van der Waals surface area contributed by atoms with Gasteiger partial charge in [-0.05, 0) is 43.9 Å². The maximum absolute atomic E-state index is 12.9. The van der Waals surface area contributed by atoms with Crippen molar-refractivity contribution in [3.8, 4) is 0 Å². The largest absolute Gasteiger partial charge is 0.337 e. The Balaban J connectivity index is 1.45. The van der Waals surface area contributed by atoms with Crippen LogP contribution in [0.5, 0.6) is 0 Å². The van der Waals surface area contributed by atoms with Crippen molar-refractivity contribution in [2.45, 2.75) is 51.6 Å². The van der Waals surface area contributed by atoms with Crippen LogP contribution in [0.4, 0.5) is 0 Å². The van der Waals surface area contributed by atoms with E-state index in [9.17, 15) is 4.79 Å². The molecule has 2 saturated heterocycles. The van der Waals surface area contributed by atoms with E-state index < -0.39 is 0 Å². The van der Waals surface area contributed by atoms with E-state index in [4.69, 9.17) is 0 Å². The van der Waals surface area contributed by atoms with Gasteiger partial charge < -0.3 is 4.90 Å². The number of rotatable bonds is 5. The molecular formula is C23H30N4O. The van der Waals surface area contributed by atoms with E-state index in [0.717, 1.165) is 50.4 Å². The molecular weight excluding hydrogens is 348 g/mol. The van der Waals surface area contributed by atoms with Gasteiger partial charge in [-0.1, -0.05) is 31.5 Å². The van der Waals surface area contributed by atoms with Gasteiger partial charge >= 0.3 is 0 Å². The van der Waals surface area contributed by atoms with E-state index in [1.807, 2.05) is 42.7 Å². The van der Waals surface area contributed by atoms with Crippen molar-refractivity contribution in [1.29, 1.82) is 0 Å². The van der Waals surface area contributed by atoms with Gasteiger partial charge in [0, 0.05) is 55.6 Å². The molecule has 2 aliphatic heterocycles. The number of carbonyl (C=O) groups excluding carboxylic acids is 1. The lowest BCUT2D eigenvalue weighted by Crippen LogP contribution is -2.40. The zero-order valence-electron chi connectivity index (χ0n) is 16.8. The van der Waals surface area contributed by atoms with Gasteiger partial charge in [-0.25, -0.2) is 9.97 Å². The normalized spacial score (nSPS) is 22.7. The Morgan fingerprint density at radius 3 is 2.64 bits per heavy atom. The van der Waals surface area contributed by atoms with E-state index in [0.29, 0.717) is 12.0 Å². The molecule has 0 spiro atoms. The van der Waals surface area contributed by atoms with Gasteiger partial charge in [-0.3, -0.25) is 9.69 Å². The number of aromatic nitrogens is 2. The Bertz CT molecular complexity index is 777. The molecule has 2 aromatic rings. The summed E-state index contributed by atoms with van der Waals surface area (Å²) in [6, 6.07) is 10.1. The first-order valence-electron chi connectivity index (χ1n) is 10.6. The summed E-state index contributed by atoms with van der Waals surface area (Å²) < 4.78 is 0. The Morgan fingerprint density at radius 1 is 1.11 bits per heavy atom. The molecule has 0 unspecified atom stereocenters. The topological polar surface area (TPSA) is 49.3 Å². The average Bonchev–Trinajstić information content (AvgIpc) is 3.07. The highest BCUT2D eigenvalue weighted by Crippen LogP contribution is 2.31. The molecule has 2 atom stereocenters. The first kappa shape index (κ1) is 19.1. The van der Waals surface area contributed by atoms with Gasteiger partial charge in [0.15, 0.2) is 0 Å². The molecule has 4 rings (SSSR count). The lowest BCUT2D eigenvalue weighted by Gasteiger charge is -2.29. The van der Waals surface area contributed by atoms with Crippen molar-refractivity contribution in [1.82, 2.24) is 19.8 Å². The highest BCUT2D eigenvalue weighted by molar-refractivity contribution is 5.94. The molecule has 3 heterocycles. The molecule has 2 fully saturated rings. The van der Waals surface area contributed by atoms with Crippen LogP contribution in [0.2, 0.25) is 0 Å². The van der Waals surface area contributed by atoms with Gasteiger partial charge in [-0.15, -0.1) is 0 Å². The second-order valence-corrected chi connectivity index (χ2v) is 8.13. The zero-order chi connectivity index (χ0) is 19.3. The molecule has 0 bridgehead atoms. The Labute approximate surface area is 167 Å². The Kier molecular flexibility index (Phi) is 6.01. The number of fused-ring (bicyclic) bond motifs is 1. The number of likely N-dealkylation sites (tertiary alicyclic amines) is 2. The van der Waals surface area contributed by atoms with Gasteiger partial charge in [0.05, 0.1) is 0 Å². The highest BCUT2D eigenvalue weighted by Gasteiger charge is 2.39. The summed E-state index contributed by atoms with van der Waals surface area (Å²) in [6.45, 7) is 5.82. The average molecular weight is 379 g/mol. The molecule has 0 aliphatic carbocycles. The van der Waals surface area contributed by atoms with Crippen LogP contribution in [-0.4, -0.2) is 51.4 Å². The van der Waals surface area contributed by atoms with Crippen LogP contribution < -0.4 is 0 Å². The molecule has 5 nitrogen and oxygen atoms in total. The van der Waals surface area contributed by atoms with Gasteiger partial charge in [-0.2, -0.15) is 0 Å². The number of hydrogen-bond acceptors (Lipinski definition) is 4. The fraction of sp³-hybridized carbons (Fsp3) is 0.522. The summed E-state index contributed by atoms with van der Waals surface area (Å²) in [6.07, 6.45) is 9.67. The second kappa shape index (κ2) is 8.82. The quantitative estimate of drug-likeness (QED) is 0.798.